The number of hydrogen-bond donors (Lipinski definition) is 2. The van der Waals surface area contributed by atoms with E-state index in [4.69, 9.17) is 10.2 Å². The van der Waals surface area contributed by atoms with Crippen LogP contribution >= 0.6 is 0 Å². The van der Waals surface area contributed by atoms with Crippen molar-refractivity contribution in [1.82, 2.24) is 9.38 Å². The Balaban J connectivity index is 2.60. The molecule has 2 aromatic rings. The van der Waals surface area contributed by atoms with E-state index in [-0.39, 0.29) is 12.3 Å². The van der Waals surface area contributed by atoms with E-state index in [2.05, 4.69) is 4.98 Å². The lowest BCUT2D eigenvalue weighted by atomic mass is 10.3. The molecule has 2 rings (SSSR count). The molecule has 0 atom stereocenters. The molecule has 5 nitrogen and oxygen atoms in total. The van der Waals surface area contributed by atoms with E-state index in [0.717, 1.165) is 0 Å². The van der Waals surface area contributed by atoms with Crippen molar-refractivity contribution in [2.45, 2.75) is 6.61 Å². The fraction of sp³-hybridized carbons (Fsp3) is 0.111. The van der Waals surface area contributed by atoms with Crippen LogP contribution in [0.2, 0.25) is 0 Å². The molecule has 2 heterocycles. The van der Waals surface area contributed by atoms with Gasteiger partial charge in [0.1, 0.15) is 5.65 Å². The highest BCUT2D eigenvalue weighted by Gasteiger charge is 2.07. The molecule has 0 spiro atoms. The van der Waals surface area contributed by atoms with Crippen LogP contribution in [0.3, 0.4) is 0 Å². The molecule has 0 amide bonds. The van der Waals surface area contributed by atoms with Gasteiger partial charge in [0, 0.05) is 12.4 Å². The Labute approximate surface area is 79.2 Å². The number of rotatable bonds is 2. The summed E-state index contributed by atoms with van der Waals surface area (Å²) in [5.74, 6) is -1.06. The smallest absolute Gasteiger partial charge is 0.356 e. The second kappa shape index (κ2) is 3.12. The fourth-order valence-corrected chi connectivity index (χ4v) is 1.23. The molecule has 2 N–H and O–H groups in total. The Bertz CT molecular complexity index is 490. The van der Waals surface area contributed by atoms with E-state index in [1.165, 1.54) is 6.20 Å². The standard InChI is InChI=1S/C9H8N2O3/c12-5-6-1-2-8-10-7(9(13)14)4-11(8)3-6/h1-4,12H,5H2,(H,13,14). The first kappa shape index (κ1) is 8.71. The van der Waals surface area contributed by atoms with Crippen LogP contribution in [0.4, 0.5) is 0 Å². The highest BCUT2D eigenvalue weighted by Crippen LogP contribution is 2.07. The topological polar surface area (TPSA) is 74.8 Å². The van der Waals surface area contributed by atoms with Crippen molar-refractivity contribution in [2.75, 3.05) is 0 Å². The summed E-state index contributed by atoms with van der Waals surface area (Å²) in [6.07, 6.45) is 3.06. The van der Waals surface area contributed by atoms with Crippen molar-refractivity contribution in [3.63, 3.8) is 0 Å². The van der Waals surface area contributed by atoms with Crippen molar-refractivity contribution in [3.8, 4) is 0 Å². The van der Waals surface area contributed by atoms with E-state index in [1.807, 2.05) is 0 Å². The van der Waals surface area contributed by atoms with Crippen LogP contribution in [-0.2, 0) is 6.61 Å². The van der Waals surface area contributed by atoms with Gasteiger partial charge in [-0.15, -0.1) is 0 Å². The van der Waals surface area contributed by atoms with Gasteiger partial charge in [-0.25, -0.2) is 9.78 Å². The minimum atomic E-state index is -1.06. The largest absolute Gasteiger partial charge is 0.476 e. The molecule has 0 aliphatic carbocycles. The average Bonchev–Trinajstić information content (AvgIpc) is 2.59. The molecule has 0 unspecified atom stereocenters. The SMILES string of the molecule is O=C(O)c1cn2cc(CO)ccc2n1. The van der Waals surface area contributed by atoms with Crippen LogP contribution in [0.15, 0.2) is 24.5 Å². The number of aromatic nitrogens is 2. The molecule has 14 heavy (non-hydrogen) atoms. The summed E-state index contributed by atoms with van der Waals surface area (Å²) in [5, 5.41) is 17.6. The van der Waals surface area contributed by atoms with E-state index in [9.17, 15) is 4.79 Å². The van der Waals surface area contributed by atoms with Crippen LogP contribution in [0.5, 0.6) is 0 Å². The number of carboxylic acid groups (broad SMARTS) is 1. The zero-order valence-electron chi connectivity index (χ0n) is 7.21. The quantitative estimate of drug-likeness (QED) is 0.727. The number of aromatic carboxylic acids is 1. The molecule has 0 bridgehead atoms. The van der Waals surface area contributed by atoms with Gasteiger partial charge in [-0.2, -0.15) is 0 Å². The van der Waals surface area contributed by atoms with Gasteiger partial charge in [0.05, 0.1) is 6.61 Å². The third kappa shape index (κ3) is 1.33. The zero-order valence-corrected chi connectivity index (χ0v) is 7.21. The molecule has 0 aromatic carbocycles. The highest BCUT2D eigenvalue weighted by molar-refractivity contribution is 5.86. The van der Waals surface area contributed by atoms with Crippen molar-refractivity contribution < 1.29 is 15.0 Å². The van der Waals surface area contributed by atoms with Gasteiger partial charge in [0.2, 0.25) is 0 Å². The van der Waals surface area contributed by atoms with Gasteiger partial charge >= 0.3 is 5.97 Å². The normalized spacial score (nSPS) is 10.6. The van der Waals surface area contributed by atoms with Crippen molar-refractivity contribution in [3.05, 3.63) is 35.8 Å². The van der Waals surface area contributed by atoms with Crippen LogP contribution in [-0.4, -0.2) is 25.6 Å². The minimum Gasteiger partial charge on any atom is -0.476 e. The molecular formula is C9H8N2O3. The lowest BCUT2D eigenvalue weighted by Crippen LogP contribution is -1.94. The van der Waals surface area contributed by atoms with Gasteiger partial charge < -0.3 is 14.6 Å². The summed E-state index contributed by atoms with van der Waals surface area (Å²) < 4.78 is 1.58. The Hall–Kier alpha value is -1.88. The maximum atomic E-state index is 10.6. The Kier molecular flexibility index (Phi) is 1.94. The summed E-state index contributed by atoms with van der Waals surface area (Å²) in [5.41, 5.74) is 1.27. The number of imidazole rings is 1. The third-order valence-electron chi connectivity index (χ3n) is 1.91. The first-order chi connectivity index (χ1) is 6.70. The second-order valence-electron chi connectivity index (χ2n) is 2.89. The van der Waals surface area contributed by atoms with Crippen LogP contribution in [0.25, 0.3) is 5.65 Å². The zero-order chi connectivity index (χ0) is 10.1. The number of aliphatic hydroxyl groups is 1. The number of carbonyl (C=O) groups is 1. The number of carboxylic acids is 1. The number of fused-ring (bicyclic) bond motifs is 1. The van der Waals surface area contributed by atoms with Crippen LogP contribution in [0.1, 0.15) is 16.1 Å². The van der Waals surface area contributed by atoms with Gasteiger partial charge in [-0.3, -0.25) is 0 Å². The molecule has 0 radical (unpaired) electrons. The van der Waals surface area contributed by atoms with Gasteiger partial charge in [0.25, 0.3) is 0 Å². The van der Waals surface area contributed by atoms with Crippen LogP contribution in [0, 0.1) is 0 Å². The minimum absolute atomic E-state index is 0.0000831. The predicted octanol–water partition coefficient (Wildman–Crippen LogP) is 0.525. The molecule has 2 aromatic heterocycles. The lowest BCUT2D eigenvalue weighted by molar-refractivity contribution is 0.0691. The molecular weight excluding hydrogens is 184 g/mol. The maximum absolute atomic E-state index is 10.6. The summed E-state index contributed by atoms with van der Waals surface area (Å²) in [6, 6.07) is 3.37. The number of hydrogen-bond acceptors (Lipinski definition) is 3. The Morgan fingerprint density at radius 3 is 2.86 bits per heavy atom. The summed E-state index contributed by atoms with van der Waals surface area (Å²) in [6.45, 7) is -0.0729. The van der Waals surface area contributed by atoms with Crippen molar-refractivity contribution in [2.24, 2.45) is 0 Å². The third-order valence-corrected chi connectivity index (χ3v) is 1.91. The fourth-order valence-electron chi connectivity index (χ4n) is 1.23. The summed E-state index contributed by atoms with van der Waals surface area (Å²) in [7, 11) is 0. The number of nitrogens with zero attached hydrogens (tertiary/aromatic N) is 2. The summed E-state index contributed by atoms with van der Waals surface area (Å²) >= 11 is 0. The first-order valence-corrected chi connectivity index (χ1v) is 4.02. The highest BCUT2D eigenvalue weighted by atomic mass is 16.4. The summed E-state index contributed by atoms with van der Waals surface area (Å²) in [4.78, 5) is 14.5. The Morgan fingerprint density at radius 2 is 2.21 bits per heavy atom. The molecule has 5 heteroatoms. The van der Waals surface area contributed by atoms with Gasteiger partial charge in [-0.05, 0) is 11.6 Å². The molecule has 0 aliphatic rings. The van der Waals surface area contributed by atoms with E-state index < -0.39 is 5.97 Å². The maximum Gasteiger partial charge on any atom is 0.356 e. The van der Waals surface area contributed by atoms with E-state index in [1.54, 1.807) is 22.7 Å². The van der Waals surface area contributed by atoms with E-state index in [0.29, 0.717) is 11.2 Å². The van der Waals surface area contributed by atoms with Crippen LogP contribution < -0.4 is 0 Å². The predicted molar refractivity (Wildman–Crippen MR) is 48.1 cm³/mol. The van der Waals surface area contributed by atoms with Crippen molar-refractivity contribution in [1.29, 1.82) is 0 Å². The second-order valence-corrected chi connectivity index (χ2v) is 2.89. The molecule has 0 aliphatic heterocycles. The molecule has 0 saturated carbocycles. The number of aliphatic hydroxyl groups excluding tert-OH is 1. The first-order valence-electron chi connectivity index (χ1n) is 4.02. The molecule has 0 fully saturated rings. The monoisotopic (exact) mass is 192 g/mol. The van der Waals surface area contributed by atoms with Crippen molar-refractivity contribution >= 4 is 11.6 Å². The number of pyridine rings is 1. The molecule has 0 saturated heterocycles. The van der Waals surface area contributed by atoms with Gasteiger partial charge in [0.15, 0.2) is 5.69 Å². The van der Waals surface area contributed by atoms with Gasteiger partial charge in [-0.1, -0.05) is 6.07 Å². The average molecular weight is 192 g/mol. The Morgan fingerprint density at radius 1 is 1.43 bits per heavy atom. The molecule has 72 valence electrons. The lowest BCUT2D eigenvalue weighted by Gasteiger charge is -1.96. The van der Waals surface area contributed by atoms with E-state index >= 15 is 0 Å².